The molecule has 188 valence electrons. The van der Waals surface area contributed by atoms with E-state index >= 15 is 0 Å². The van der Waals surface area contributed by atoms with Gasteiger partial charge in [-0.3, -0.25) is 19.7 Å². The van der Waals surface area contributed by atoms with Crippen LogP contribution in [0.1, 0.15) is 62.2 Å². The van der Waals surface area contributed by atoms with Crippen LogP contribution in [0.2, 0.25) is 5.02 Å². The summed E-state index contributed by atoms with van der Waals surface area (Å²) in [6, 6.07) is 6.70. The van der Waals surface area contributed by atoms with Crippen LogP contribution in [0.25, 0.3) is 0 Å². The SMILES string of the molecule is CC(=O)n1cnc(NC(=O)C2(C3CCCCC3)CCN(C(=O)C(N)Cc3ccc(Cl)cc3)CC2)n1. The second kappa shape index (κ2) is 10.9. The van der Waals surface area contributed by atoms with Crippen LogP contribution in [0.5, 0.6) is 0 Å². The van der Waals surface area contributed by atoms with Crippen LogP contribution in [0.15, 0.2) is 30.6 Å². The van der Waals surface area contributed by atoms with Gasteiger partial charge in [-0.25, -0.2) is 0 Å². The molecule has 2 aromatic rings. The fourth-order valence-electron chi connectivity index (χ4n) is 5.50. The summed E-state index contributed by atoms with van der Waals surface area (Å²) < 4.78 is 1.10. The van der Waals surface area contributed by atoms with Crippen molar-refractivity contribution in [3.63, 3.8) is 0 Å². The smallest absolute Gasteiger partial charge is 0.249 e. The Labute approximate surface area is 210 Å². The molecule has 0 bridgehead atoms. The Morgan fingerprint density at radius 3 is 2.40 bits per heavy atom. The second-order valence-electron chi connectivity index (χ2n) is 9.74. The number of nitrogens with two attached hydrogens (primary N) is 1. The van der Waals surface area contributed by atoms with E-state index in [-0.39, 0.29) is 29.6 Å². The molecule has 35 heavy (non-hydrogen) atoms. The first-order chi connectivity index (χ1) is 16.8. The lowest BCUT2D eigenvalue weighted by atomic mass is 9.63. The summed E-state index contributed by atoms with van der Waals surface area (Å²) in [5.41, 5.74) is 6.63. The fraction of sp³-hybridized carbons (Fsp3) is 0.560. The summed E-state index contributed by atoms with van der Waals surface area (Å²) in [6.45, 7) is 2.34. The van der Waals surface area contributed by atoms with Crippen molar-refractivity contribution in [3.05, 3.63) is 41.2 Å². The average molecular weight is 501 g/mol. The topological polar surface area (TPSA) is 123 Å². The third-order valence-corrected chi connectivity index (χ3v) is 7.78. The van der Waals surface area contributed by atoms with Crippen molar-refractivity contribution in [1.29, 1.82) is 0 Å². The Bertz CT molecular complexity index is 1060. The number of likely N-dealkylation sites (tertiary alicyclic amines) is 1. The Hall–Kier alpha value is -2.78. The molecule has 3 N–H and O–H groups in total. The number of rotatable bonds is 6. The van der Waals surface area contributed by atoms with Crippen LogP contribution in [0, 0.1) is 11.3 Å². The van der Waals surface area contributed by atoms with Crippen LogP contribution in [0.4, 0.5) is 5.95 Å². The summed E-state index contributed by atoms with van der Waals surface area (Å²) in [5, 5.41) is 7.57. The number of nitrogens with one attached hydrogen (secondary N) is 1. The molecule has 1 saturated heterocycles. The zero-order chi connectivity index (χ0) is 25.0. The van der Waals surface area contributed by atoms with Gasteiger partial charge in [-0.15, -0.1) is 5.10 Å². The molecule has 1 unspecified atom stereocenters. The van der Waals surface area contributed by atoms with Gasteiger partial charge in [0.25, 0.3) is 0 Å². The van der Waals surface area contributed by atoms with Crippen LogP contribution in [-0.2, 0) is 16.0 Å². The van der Waals surface area contributed by atoms with Crippen molar-refractivity contribution in [2.24, 2.45) is 17.1 Å². The van der Waals surface area contributed by atoms with Gasteiger partial charge in [0.1, 0.15) is 6.33 Å². The maximum absolute atomic E-state index is 13.6. The van der Waals surface area contributed by atoms with E-state index in [9.17, 15) is 14.4 Å². The minimum atomic E-state index is -0.646. The van der Waals surface area contributed by atoms with Crippen molar-refractivity contribution in [1.82, 2.24) is 19.7 Å². The molecule has 0 radical (unpaired) electrons. The van der Waals surface area contributed by atoms with Crippen molar-refractivity contribution >= 4 is 35.3 Å². The summed E-state index contributed by atoms with van der Waals surface area (Å²) >= 11 is 5.95. The molecule has 2 aliphatic rings. The highest BCUT2D eigenvalue weighted by Gasteiger charge is 2.48. The molecule has 9 nitrogen and oxygen atoms in total. The van der Waals surface area contributed by atoms with Crippen LogP contribution in [0.3, 0.4) is 0 Å². The van der Waals surface area contributed by atoms with E-state index in [2.05, 4.69) is 15.4 Å². The number of benzene rings is 1. The van der Waals surface area contributed by atoms with E-state index in [4.69, 9.17) is 17.3 Å². The number of hydrogen-bond acceptors (Lipinski definition) is 6. The number of hydrogen-bond donors (Lipinski definition) is 2. The minimum absolute atomic E-state index is 0.0977. The molecule has 1 saturated carbocycles. The van der Waals surface area contributed by atoms with Gasteiger partial charge >= 0.3 is 0 Å². The maximum atomic E-state index is 13.6. The predicted molar refractivity (Wildman–Crippen MR) is 133 cm³/mol. The van der Waals surface area contributed by atoms with Crippen molar-refractivity contribution < 1.29 is 14.4 Å². The molecule has 2 fully saturated rings. The molecule has 1 aliphatic carbocycles. The molecule has 1 aliphatic heterocycles. The van der Waals surface area contributed by atoms with E-state index in [1.54, 1.807) is 17.0 Å². The van der Waals surface area contributed by atoms with E-state index in [1.807, 2.05) is 12.1 Å². The summed E-state index contributed by atoms with van der Waals surface area (Å²) in [6.07, 6.45) is 8.24. The lowest BCUT2D eigenvalue weighted by molar-refractivity contribution is -0.142. The number of halogens is 1. The first-order valence-electron chi connectivity index (χ1n) is 12.3. The highest BCUT2D eigenvalue weighted by Crippen LogP contribution is 2.46. The number of carbonyl (C=O) groups excluding carboxylic acids is 3. The molecule has 1 atom stereocenters. The van der Waals surface area contributed by atoms with E-state index in [1.165, 1.54) is 19.7 Å². The van der Waals surface area contributed by atoms with Gasteiger partial charge < -0.3 is 10.6 Å². The summed E-state index contributed by atoms with van der Waals surface area (Å²) in [4.78, 5) is 44.1. The first kappa shape index (κ1) is 25.3. The predicted octanol–water partition coefficient (Wildman–Crippen LogP) is 3.29. The normalized spacial score (nSPS) is 19.2. The maximum Gasteiger partial charge on any atom is 0.249 e. The van der Waals surface area contributed by atoms with Crippen LogP contribution < -0.4 is 11.1 Å². The average Bonchev–Trinajstić information content (AvgIpc) is 3.34. The molecular formula is C25H33ClN6O3. The third-order valence-electron chi connectivity index (χ3n) is 7.53. The molecule has 2 amide bonds. The lowest BCUT2D eigenvalue weighted by Gasteiger charge is -2.46. The largest absolute Gasteiger partial charge is 0.341 e. The minimum Gasteiger partial charge on any atom is -0.341 e. The van der Waals surface area contributed by atoms with Crippen LogP contribution in [-0.4, -0.2) is 56.5 Å². The quantitative estimate of drug-likeness (QED) is 0.627. The Balaban J connectivity index is 1.44. The lowest BCUT2D eigenvalue weighted by Crippen LogP contribution is -2.55. The highest BCUT2D eigenvalue weighted by molar-refractivity contribution is 6.30. The summed E-state index contributed by atoms with van der Waals surface area (Å²) in [7, 11) is 0. The highest BCUT2D eigenvalue weighted by atomic mass is 35.5. The van der Waals surface area contributed by atoms with Gasteiger partial charge in [0.05, 0.1) is 11.5 Å². The standard InChI is InChI=1S/C25H33ClN6O3/c1-17(33)32-16-28-24(30-32)29-23(35)25(19-5-3-2-4-6-19)11-13-31(14-12-25)22(34)21(27)15-18-7-9-20(26)10-8-18/h7-10,16,19,21H,2-6,11-15,27H2,1H3,(H,29,30,35). The molecular weight excluding hydrogens is 468 g/mol. The van der Waals surface area contributed by atoms with E-state index in [0.717, 1.165) is 35.9 Å². The van der Waals surface area contributed by atoms with E-state index in [0.29, 0.717) is 37.4 Å². The van der Waals surface area contributed by atoms with Gasteiger partial charge in [0.2, 0.25) is 23.7 Å². The van der Waals surface area contributed by atoms with Crippen molar-refractivity contribution in [2.45, 2.75) is 64.3 Å². The third kappa shape index (κ3) is 5.73. The van der Waals surface area contributed by atoms with Crippen molar-refractivity contribution in [3.8, 4) is 0 Å². The number of piperidine rings is 1. The first-order valence-corrected chi connectivity index (χ1v) is 12.7. The van der Waals surface area contributed by atoms with Gasteiger partial charge in [0.15, 0.2) is 0 Å². The molecule has 1 aromatic heterocycles. The number of anilines is 1. The number of nitrogens with zero attached hydrogens (tertiary/aromatic N) is 4. The Morgan fingerprint density at radius 2 is 1.80 bits per heavy atom. The molecule has 2 heterocycles. The zero-order valence-corrected chi connectivity index (χ0v) is 20.8. The van der Waals surface area contributed by atoms with E-state index < -0.39 is 11.5 Å². The molecule has 0 spiro atoms. The molecule has 1 aromatic carbocycles. The molecule has 4 rings (SSSR count). The molecule has 10 heteroatoms. The number of aromatic nitrogens is 3. The Kier molecular flexibility index (Phi) is 7.86. The van der Waals surface area contributed by atoms with Crippen LogP contribution >= 0.6 is 11.6 Å². The van der Waals surface area contributed by atoms with Gasteiger partial charge in [-0.2, -0.15) is 9.67 Å². The van der Waals surface area contributed by atoms with Crippen molar-refractivity contribution in [2.75, 3.05) is 18.4 Å². The number of carbonyl (C=O) groups is 3. The van der Waals surface area contributed by atoms with Gasteiger partial charge in [0, 0.05) is 25.0 Å². The van der Waals surface area contributed by atoms with Gasteiger partial charge in [-0.1, -0.05) is 43.0 Å². The fourth-order valence-corrected chi connectivity index (χ4v) is 5.62. The second-order valence-corrected chi connectivity index (χ2v) is 10.2. The number of amides is 2. The van der Waals surface area contributed by atoms with Gasteiger partial charge in [-0.05, 0) is 55.7 Å². The summed E-state index contributed by atoms with van der Waals surface area (Å²) in [5.74, 6) is -0.125. The zero-order valence-electron chi connectivity index (χ0n) is 20.1. The monoisotopic (exact) mass is 500 g/mol. The Morgan fingerprint density at radius 1 is 1.14 bits per heavy atom.